The highest BCUT2D eigenvalue weighted by atomic mass is 19.1. The average molecular weight is 350 g/mol. The molecule has 0 saturated carbocycles. The van der Waals surface area contributed by atoms with Gasteiger partial charge in [-0.3, -0.25) is 4.79 Å². The second kappa shape index (κ2) is 6.94. The number of rotatable bonds is 4. The minimum Gasteiger partial charge on any atom is -0.337 e. The summed E-state index contributed by atoms with van der Waals surface area (Å²) in [6.45, 7) is 3.60. The second-order valence-electron chi connectivity index (χ2n) is 6.96. The minimum absolute atomic E-state index is 0.0851. The van der Waals surface area contributed by atoms with Gasteiger partial charge >= 0.3 is 0 Å². The van der Waals surface area contributed by atoms with Gasteiger partial charge in [0.1, 0.15) is 11.5 Å². The van der Waals surface area contributed by atoms with Crippen molar-refractivity contribution in [2.45, 2.75) is 38.8 Å². The number of fused-ring (bicyclic) bond motifs is 1. The standard InChI is InChI=1S/C22H23FN2O/c1-2-24-20-11-4-3-8-17(20)15-21(24)22(26)25-12-6-10-19(25)14-16-7-5-9-18(23)13-16/h3-5,7-9,11,13,15,19H,2,6,10,12,14H2,1H3. The Morgan fingerprint density at radius 3 is 2.81 bits per heavy atom. The highest BCUT2D eigenvalue weighted by Crippen LogP contribution is 2.26. The fourth-order valence-corrected chi connectivity index (χ4v) is 4.13. The Balaban J connectivity index is 1.63. The predicted octanol–water partition coefficient (Wildman–Crippen LogP) is 4.65. The molecule has 1 aliphatic rings. The van der Waals surface area contributed by atoms with Crippen LogP contribution in [0.15, 0.2) is 54.6 Å². The van der Waals surface area contributed by atoms with E-state index in [9.17, 15) is 9.18 Å². The summed E-state index contributed by atoms with van der Waals surface area (Å²) in [6, 6.07) is 16.9. The fraction of sp³-hybridized carbons (Fsp3) is 0.318. The lowest BCUT2D eigenvalue weighted by molar-refractivity contribution is 0.0726. The molecule has 3 aromatic rings. The molecule has 1 fully saturated rings. The van der Waals surface area contributed by atoms with Gasteiger partial charge < -0.3 is 9.47 Å². The number of benzene rings is 2. The van der Waals surface area contributed by atoms with Crippen LogP contribution in [0.3, 0.4) is 0 Å². The van der Waals surface area contributed by atoms with Crippen LogP contribution in [0, 0.1) is 5.82 Å². The first-order valence-corrected chi connectivity index (χ1v) is 9.31. The van der Waals surface area contributed by atoms with Gasteiger partial charge in [-0.25, -0.2) is 4.39 Å². The van der Waals surface area contributed by atoms with Gasteiger partial charge in [0.15, 0.2) is 0 Å². The van der Waals surface area contributed by atoms with E-state index in [1.165, 1.54) is 6.07 Å². The topological polar surface area (TPSA) is 25.2 Å². The monoisotopic (exact) mass is 350 g/mol. The van der Waals surface area contributed by atoms with Crippen molar-refractivity contribution >= 4 is 16.8 Å². The number of aromatic nitrogens is 1. The molecule has 134 valence electrons. The molecule has 1 aromatic heterocycles. The Kier molecular flexibility index (Phi) is 4.49. The quantitative estimate of drug-likeness (QED) is 0.672. The van der Waals surface area contributed by atoms with Crippen LogP contribution in [0.1, 0.15) is 35.8 Å². The molecule has 2 aromatic carbocycles. The summed E-state index contributed by atoms with van der Waals surface area (Å²) in [5, 5.41) is 1.10. The minimum atomic E-state index is -0.218. The molecule has 1 aliphatic heterocycles. The lowest BCUT2D eigenvalue weighted by atomic mass is 10.0. The number of aryl methyl sites for hydroxylation is 1. The summed E-state index contributed by atoms with van der Waals surface area (Å²) in [6.07, 6.45) is 2.67. The first kappa shape index (κ1) is 16.8. The van der Waals surface area contributed by atoms with E-state index in [4.69, 9.17) is 0 Å². The van der Waals surface area contributed by atoms with E-state index in [1.54, 1.807) is 12.1 Å². The maximum Gasteiger partial charge on any atom is 0.270 e. The molecule has 2 heterocycles. The van der Waals surface area contributed by atoms with Gasteiger partial charge in [0, 0.05) is 30.0 Å². The summed E-state index contributed by atoms with van der Waals surface area (Å²) < 4.78 is 15.6. The summed E-state index contributed by atoms with van der Waals surface area (Å²) in [4.78, 5) is 15.3. The van der Waals surface area contributed by atoms with Crippen molar-refractivity contribution in [2.75, 3.05) is 6.54 Å². The van der Waals surface area contributed by atoms with Crippen LogP contribution >= 0.6 is 0 Å². The largest absolute Gasteiger partial charge is 0.337 e. The van der Waals surface area contributed by atoms with Crippen LogP contribution in [-0.2, 0) is 13.0 Å². The number of hydrogen-bond donors (Lipinski definition) is 0. The van der Waals surface area contributed by atoms with Gasteiger partial charge in [-0.15, -0.1) is 0 Å². The van der Waals surface area contributed by atoms with Gasteiger partial charge in [0.2, 0.25) is 0 Å². The Bertz CT molecular complexity index is 946. The number of carbonyl (C=O) groups is 1. The third-order valence-electron chi connectivity index (χ3n) is 5.34. The SMILES string of the molecule is CCn1c(C(=O)N2CCCC2Cc2cccc(F)c2)cc2ccccc21. The van der Waals surface area contributed by atoms with E-state index < -0.39 is 0 Å². The first-order valence-electron chi connectivity index (χ1n) is 9.31. The van der Waals surface area contributed by atoms with Crippen molar-refractivity contribution in [2.24, 2.45) is 0 Å². The number of halogens is 1. The summed E-state index contributed by atoms with van der Waals surface area (Å²) in [5.74, 6) is -0.133. The van der Waals surface area contributed by atoms with E-state index in [0.717, 1.165) is 48.1 Å². The van der Waals surface area contributed by atoms with E-state index in [-0.39, 0.29) is 17.8 Å². The normalized spacial score (nSPS) is 17.2. The molecular weight excluding hydrogens is 327 g/mol. The summed E-state index contributed by atoms with van der Waals surface area (Å²) in [5.41, 5.74) is 2.80. The zero-order valence-corrected chi connectivity index (χ0v) is 15.0. The van der Waals surface area contributed by atoms with Crippen LogP contribution in [0.25, 0.3) is 10.9 Å². The molecule has 0 bridgehead atoms. The van der Waals surface area contributed by atoms with Gasteiger partial charge in [-0.1, -0.05) is 30.3 Å². The van der Waals surface area contributed by atoms with E-state index in [1.807, 2.05) is 35.2 Å². The van der Waals surface area contributed by atoms with Gasteiger partial charge in [0.25, 0.3) is 5.91 Å². The number of amides is 1. The van der Waals surface area contributed by atoms with Crippen LogP contribution in [0.4, 0.5) is 4.39 Å². The van der Waals surface area contributed by atoms with Crippen LogP contribution in [0.5, 0.6) is 0 Å². The molecule has 1 saturated heterocycles. The van der Waals surface area contributed by atoms with Crippen molar-refractivity contribution in [1.29, 1.82) is 0 Å². The molecule has 0 radical (unpaired) electrons. The summed E-state index contributed by atoms with van der Waals surface area (Å²) in [7, 11) is 0. The van der Waals surface area contributed by atoms with Crippen molar-refractivity contribution < 1.29 is 9.18 Å². The Labute approximate surface area is 153 Å². The number of para-hydroxylation sites is 1. The maximum atomic E-state index is 13.5. The second-order valence-corrected chi connectivity index (χ2v) is 6.96. The molecule has 0 aliphatic carbocycles. The highest BCUT2D eigenvalue weighted by molar-refractivity contribution is 5.99. The average Bonchev–Trinajstić information content (AvgIpc) is 3.25. The first-order chi connectivity index (χ1) is 12.7. The van der Waals surface area contributed by atoms with E-state index >= 15 is 0 Å². The summed E-state index contributed by atoms with van der Waals surface area (Å²) >= 11 is 0. The molecule has 1 amide bonds. The number of likely N-dealkylation sites (tertiary alicyclic amines) is 1. The smallest absolute Gasteiger partial charge is 0.270 e. The molecule has 3 nitrogen and oxygen atoms in total. The Morgan fingerprint density at radius 2 is 2.00 bits per heavy atom. The lowest BCUT2D eigenvalue weighted by Crippen LogP contribution is -2.37. The van der Waals surface area contributed by atoms with Crippen molar-refractivity contribution in [3.8, 4) is 0 Å². The third kappa shape index (κ3) is 3.00. The van der Waals surface area contributed by atoms with Gasteiger partial charge in [-0.2, -0.15) is 0 Å². The number of hydrogen-bond acceptors (Lipinski definition) is 1. The van der Waals surface area contributed by atoms with Crippen molar-refractivity contribution in [1.82, 2.24) is 9.47 Å². The van der Waals surface area contributed by atoms with Crippen molar-refractivity contribution in [3.63, 3.8) is 0 Å². The van der Waals surface area contributed by atoms with Crippen LogP contribution in [-0.4, -0.2) is 28.0 Å². The molecular formula is C22H23FN2O. The molecule has 26 heavy (non-hydrogen) atoms. The number of nitrogens with zero attached hydrogens (tertiary/aromatic N) is 2. The van der Waals surface area contributed by atoms with Gasteiger partial charge in [-0.05, 0) is 56.0 Å². The maximum absolute atomic E-state index is 13.5. The lowest BCUT2D eigenvalue weighted by Gasteiger charge is -2.25. The fourth-order valence-electron chi connectivity index (χ4n) is 4.13. The van der Waals surface area contributed by atoms with E-state index in [0.29, 0.717) is 6.42 Å². The molecule has 0 spiro atoms. The molecule has 1 unspecified atom stereocenters. The van der Waals surface area contributed by atoms with Gasteiger partial charge in [0.05, 0.1) is 0 Å². The molecule has 4 rings (SSSR count). The van der Waals surface area contributed by atoms with E-state index in [2.05, 4.69) is 17.6 Å². The molecule has 4 heteroatoms. The number of carbonyl (C=O) groups excluding carboxylic acids is 1. The predicted molar refractivity (Wildman–Crippen MR) is 102 cm³/mol. The Morgan fingerprint density at radius 1 is 1.15 bits per heavy atom. The zero-order chi connectivity index (χ0) is 18.1. The van der Waals surface area contributed by atoms with Crippen LogP contribution < -0.4 is 0 Å². The Hall–Kier alpha value is -2.62. The third-order valence-corrected chi connectivity index (χ3v) is 5.34. The van der Waals surface area contributed by atoms with Crippen molar-refractivity contribution in [3.05, 3.63) is 71.7 Å². The van der Waals surface area contributed by atoms with Crippen LogP contribution in [0.2, 0.25) is 0 Å². The zero-order valence-electron chi connectivity index (χ0n) is 15.0. The molecule has 0 N–H and O–H groups in total. The highest BCUT2D eigenvalue weighted by Gasteiger charge is 2.31. The molecule has 1 atom stereocenters.